The highest BCUT2D eigenvalue weighted by Crippen LogP contribution is 2.20. The summed E-state index contributed by atoms with van der Waals surface area (Å²) in [5, 5.41) is 2.62. The fourth-order valence-electron chi connectivity index (χ4n) is 1.59. The third-order valence-corrected chi connectivity index (χ3v) is 4.54. The molecule has 0 radical (unpaired) electrons. The van der Waals surface area contributed by atoms with Crippen LogP contribution in [0.15, 0.2) is 18.2 Å². The van der Waals surface area contributed by atoms with Crippen molar-refractivity contribution in [3.05, 3.63) is 29.3 Å². The molecule has 0 unspecified atom stereocenters. The topological polar surface area (TPSA) is 75.7 Å². The molecule has 1 amide bonds. The largest absolute Gasteiger partial charge is 0.483 e. The third kappa shape index (κ3) is 5.73. The molecule has 21 heavy (non-hydrogen) atoms. The van der Waals surface area contributed by atoms with Crippen molar-refractivity contribution in [2.24, 2.45) is 0 Å². The normalized spacial score (nSPS) is 11.5. The Labute approximate surface area is 126 Å². The molecule has 6 nitrogen and oxygen atoms in total. The van der Waals surface area contributed by atoms with Crippen LogP contribution in [-0.4, -0.2) is 51.6 Å². The number of hydrogen-bond acceptors (Lipinski definition) is 4. The Morgan fingerprint density at radius 1 is 1.33 bits per heavy atom. The number of hydrogen-bond donors (Lipinski definition) is 1. The van der Waals surface area contributed by atoms with Gasteiger partial charge in [0.15, 0.2) is 6.61 Å². The minimum atomic E-state index is -3.22. The van der Waals surface area contributed by atoms with Crippen molar-refractivity contribution in [3.63, 3.8) is 0 Å². The Kier molecular flexibility index (Phi) is 6.17. The number of aryl methyl sites for hydroxylation is 1. The number of carbonyl (C=O) groups is 1. The van der Waals surface area contributed by atoms with Gasteiger partial charge in [-0.2, -0.15) is 0 Å². The second-order valence-electron chi connectivity index (χ2n) is 4.92. The summed E-state index contributed by atoms with van der Waals surface area (Å²) >= 11 is 0. The van der Waals surface area contributed by atoms with Gasteiger partial charge in [0.2, 0.25) is 10.0 Å². The number of amides is 1. The van der Waals surface area contributed by atoms with Crippen molar-refractivity contribution in [1.29, 1.82) is 0 Å². The van der Waals surface area contributed by atoms with Gasteiger partial charge in [0.25, 0.3) is 5.91 Å². The lowest BCUT2D eigenvalue weighted by Crippen LogP contribution is -2.37. The maximum absolute atomic E-state index is 11.6. The van der Waals surface area contributed by atoms with Crippen molar-refractivity contribution in [2.45, 2.75) is 13.8 Å². The van der Waals surface area contributed by atoms with Gasteiger partial charge in [-0.25, -0.2) is 12.7 Å². The fourth-order valence-corrected chi connectivity index (χ4v) is 2.02. The Balaban J connectivity index is 2.37. The van der Waals surface area contributed by atoms with E-state index in [1.165, 1.54) is 11.4 Å². The number of nitrogens with one attached hydrogen (secondary N) is 1. The van der Waals surface area contributed by atoms with Gasteiger partial charge in [-0.15, -0.1) is 0 Å². The third-order valence-electron chi connectivity index (χ3n) is 3.23. The van der Waals surface area contributed by atoms with Gasteiger partial charge < -0.3 is 10.1 Å². The minimum absolute atomic E-state index is 0.0904. The van der Waals surface area contributed by atoms with Crippen LogP contribution >= 0.6 is 0 Å². The zero-order valence-corrected chi connectivity index (χ0v) is 13.7. The molecule has 0 saturated heterocycles. The lowest BCUT2D eigenvalue weighted by atomic mass is 10.1. The van der Waals surface area contributed by atoms with Crippen LogP contribution in [0, 0.1) is 13.8 Å². The quantitative estimate of drug-likeness (QED) is 0.803. The molecule has 0 aliphatic carbocycles. The van der Waals surface area contributed by atoms with Crippen LogP contribution in [-0.2, 0) is 14.8 Å². The van der Waals surface area contributed by atoms with E-state index in [-0.39, 0.29) is 25.6 Å². The van der Waals surface area contributed by atoms with Crippen LogP contribution in [0.1, 0.15) is 11.1 Å². The van der Waals surface area contributed by atoms with E-state index in [4.69, 9.17) is 4.74 Å². The smallest absolute Gasteiger partial charge is 0.257 e. The first-order valence-corrected chi connectivity index (χ1v) is 8.43. The maximum Gasteiger partial charge on any atom is 0.257 e. The second-order valence-corrected chi connectivity index (χ2v) is 7.01. The molecular formula is C14H22N2O4S. The lowest BCUT2D eigenvalue weighted by molar-refractivity contribution is -0.123. The number of rotatable bonds is 7. The molecule has 1 aromatic rings. The van der Waals surface area contributed by atoms with E-state index in [0.29, 0.717) is 5.75 Å². The number of benzene rings is 1. The molecule has 1 rings (SSSR count). The molecule has 0 aromatic heterocycles. The molecule has 0 aliphatic heterocycles. The Morgan fingerprint density at radius 2 is 2.00 bits per heavy atom. The summed E-state index contributed by atoms with van der Waals surface area (Å²) in [4.78, 5) is 11.6. The molecule has 0 aliphatic rings. The van der Waals surface area contributed by atoms with Crippen LogP contribution in [0.3, 0.4) is 0 Å². The number of carbonyl (C=O) groups excluding carboxylic acids is 1. The first kappa shape index (κ1) is 17.5. The summed E-state index contributed by atoms with van der Waals surface area (Å²) in [6.45, 7) is 4.30. The maximum atomic E-state index is 11.6. The molecular weight excluding hydrogens is 292 g/mol. The lowest BCUT2D eigenvalue weighted by Gasteiger charge is -2.14. The van der Waals surface area contributed by atoms with Crippen LogP contribution in [0.5, 0.6) is 5.75 Å². The highest BCUT2D eigenvalue weighted by Gasteiger charge is 2.11. The van der Waals surface area contributed by atoms with E-state index >= 15 is 0 Å². The highest BCUT2D eigenvalue weighted by molar-refractivity contribution is 7.88. The molecule has 1 aromatic carbocycles. The van der Waals surface area contributed by atoms with Crippen LogP contribution in [0.4, 0.5) is 0 Å². The molecule has 0 fully saturated rings. The van der Waals surface area contributed by atoms with Crippen molar-refractivity contribution < 1.29 is 17.9 Å². The molecule has 0 spiro atoms. The van der Waals surface area contributed by atoms with E-state index in [2.05, 4.69) is 5.32 Å². The van der Waals surface area contributed by atoms with Crippen molar-refractivity contribution in [3.8, 4) is 5.75 Å². The predicted octanol–water partition coefficient (Wildman–Crippen LogP) is 0.690. The zero-order chi connectivity index (χ0) is 16.0. The van der Waals surface area contributed by atoms with Crippen LogP contribution in [0.25, 0.3) is 0 Å². The van der Waals surface area contributed by atoms with E-state index in [1.54, 1.807) is 0 Å². The molecule has 1 N–H and O–H groups in total. The zero-order valence-electron chi connectivity index (χ0n) is 12.8. The average molecular weight is 314 g/mol. The summed E-state index contributed by atoms with van der Waals surface area (Å²) in [6.07, 6.45) is 1.12. The number of nitrogens with zero attached hydrogens (tertiary/aromatic N) is 1. The number of likely N-dealkylation sites (N-methyl/N-ethyl adjacent to an activating group) is 1. The SMILES string of the molecule is Cc1cccc(OCC(=O)NCCN(C)S(C)(=O)=O)c1C. The summed E-state index contributed by atoms with van der Waals surface area (Å²) in [7, 11) is -1.75. The molecule has 7 heteroatoms. The van der Waals surface area contributed by atoms with E-state index in [9.17, 15) is 13.2 Å². The number of sulfonamides is 1. The monoisotopic (exact) mass is 314 g/mol. The number of ether oxygens (including phenoxy) is 1. The first-order valence-electron chi connectivity index (χ1n) is 6.59. The summed E-state index contributed by atoms with van der Waals surface area (Å²) in [5.41, 5.74) is 2.10. The van der Waals surface area contributed by atoms with Crippen molar-refractivity contribution in [2.75, 3.05) is 33.0 Å². The minimum Gasteiger partial charge on any atom is -0.483 e. The van der Waals surface area contributed by atoms with Gasteiger partial charge in [-0.05, 0) is 31.0 Å². The van der Waals surface area contributed by atoms with Gasteiger partial charge in [-0.1, -0.05) is 12.1 Å². The predicted molar refractivity (Wildman–Crippen MR) is 81.9 cm³/mol. The average Bonchev–Trinajstić information content (AvgIpc) is 2.39. The second kappa shape index (κ2) is 7.42. The van der Waals surface area contributed by atoms with E-state index in [1.807, 2.05) is 32.0 Å². The molecule has 0 saturated carbocycles. The van der Waals surface area contributed by atoms with Gasteiger partial charge in [0, 0.05) is 20.1 Å². The van der Waals surface area contributed by atoms with Crippen LogP contribution in [0.2, 0.25) is 0 Å². The first-order chi connectivity index (χ1) is 9.71. The van der Waals surface area contributed by atoms with Gasteiger partial charge >= 0.3 is 0 Å². The molecule has 0 heterocycles. The van der Waals surface area contributed by atoms with Crippen LogP contribution < -0.4 is 10.1 Å². The highest BCUT2D eigenvalue weighted by atomic mass is 32.2. The standard InChI is InChI=1S/C14H22N2O4S/c1-11-6-5-7-13(12(11)2)20-10-14(17)15-8-9-16(3)21(4,18)19/h5-7H,8-10H2,1-4H3,(H,15,17). The van der Waals surface area contributed by atoms with Gasteiger partial charge in [0.1, 0.15) is 5.75 Å². The Bertz CT molecular complexity index is 599. The molecule has 0 bridgehead atoms. The van der Waals surface area contributed by atoms with E-state index < -0.39 is 10.0 Å². The summed E-state index contributed by atoms with van der Waals surface area (Å²) in [5.74, 6) is 0.399. The van der Waals surface area contributed by atoms with Crippen molar-refractivity contribution >= 4 is 15.9 Å². The Hall–Kier alpha value is -1.60. The molecule has 0 atom stereocenters. The fraction of sp³-hybridized carbons (Fsp3) is 0.500. The van der Waals surface area contributed by atoms with E-state index in [0.717, 1.165) is 17.4 Å². The summed E-state index contributed by atoms with van der Waals surface area (Å²) in [6, 6.07) is 5.66. The summed E-state index contributed by atoms with van der Waals surface area (Å²) < 4.78 is 29.0. The van der Waals surface area contributed by atoms with Gasteiger partial charge in [0.05, 0.1) is 6.26 Å². The van der Waals surface area contributed by atoms with Gasteiger partial charge in [-0.3, -0.25) is 4.79 Å². The Morgan fingerprint density at radius 3 is 2.62 bits per heavy atom. The molecule has 118 valence electrons. The van der Waals surface area contributed by atoms with Crippen molar-refractivity contribution in [1.82, 2.24) is 9.62 Å².